The van der Waals surface area contributed by atoms with Crippen molar-refractivity contribution in [1.82, 2.24) is 10.4 Å². The summed E-state index contributed by atoms with van der Waals surface area (Å²) in [5.41, 5.74) is 4.43. The molecule has 1 atom stereocenters. The number of benzene rings is 3. The van der Waals surface area contributed by atoms with Gasteiger partial charge in [-0.25, -0.2) is 0 Å². The van der Waals surface area contributed by atoms with Crippen molar-refractivity contribution >= 4 is 29.4 Å². The zero-order chi connectivity index (χ0) is 25.5. The number of nitrogens with one attached hydrogen (secondary N) is 2. The summed E-state index contributed by atoms with van der Waals surface area (Å²) >= 11 is 0. The van der Waals surface area contributed by atoms with Gasteiger partial charge < -0.3 is 14.8 Å². The number of ether oxygens (including phenoxy) is 2. The predicted octanol–water partition coefficient (Wildman–Crippen LogP) is 3.46. The molecule has 3 amide bonds. The average molecular weight is 488 g/mol. The lowest BCUT2D eigenvalue weighted by Gasteiger charge is -2.17. The summed E-state index contributed by atoms with van der Waals surface area (Å²) in [5, 5.41) is 3.74. The highest BCUT2D eigenvalue weighted by Crippen LogP contribution is 2.23. The Labute approximate surface area is 208 Å². The summed E-state index contributed by atoms with van der Waals surface area (Å²) in [6.45, 7) is 1.38. The number of aryl methyl sites for hydroxylation is 1. The van der Waals surface area contributed by atoms with E-state index in [-0.39, 0.29) is 13.0 Å². The minimum atomic E-state index is -0.780. The van der Waals surface area contributed by atoms with Gasteiger partial charge in [0.05, 0.1) is 12.5 Å². The second kappa shape index (κ2) is 11.2. The van der Waals surface area contributed by atoms with E-state index in [1.54, 1.807) is 48.5 Å². The number of hydrazine groups is 1. The van der Waals surface area contributed by atoms with E-state index >= 15 is 0 Å². The van der Waals surface area contributed by atoms with Crippen LogP contribution in [0.5, 0.6) is 11.5 Å². The Bertz CT molecular complexity index is 1240. The second-order valence-electron chi connectivity index (χ2n) is 8.31. The maximum atomic E-state index is 12.4. The molecule has 1 saturated heterocycles. The summed E-state index contributed by atoms with van der Waals surface area (Å²) in [6.07, 6.45) is -0.114. The fourth-order valence-electron chi connectivity index (χ4n) is 3.55. The number of esters is 1. The number of amides is 3. The van der Waals surface area contributed by atoms with Crippen LogP contribution in [-0.4, -0.2) is 41.9 Å². The topological polar surface area (TPSA) is 114 Å². The van der Waals surface area contributed by atoms with Crippen molar-refractivity contribution in [2.24, 2.45) is 5.92 Å². The number of nitrogens with zero attached hydrogens (tertiary/aromatic N) is 1. The van der Waals surface area contributed by atoms with Crippen LogP contribution < -0.4 is 15.5 Å². The largest absolute Gasteiger partial charge is 0.457 e. The van der Waals surface area contributed by atoms with Crippen molar-refractivity contribution in [2.75, 3.05) is 18.5 Å². The molecule has 1 aliphatic heterocycles. The molecule has 36 heavy (non-hydrogen) atoms. The van der Waals surface area contributed by atoms with Crippen molar-refractivity contribution < 1.29 is 28.7 Å². The van der Waals surface area contributed by atoms with E-state index in [4.69, 9.17) is 9.47 Å². The number of rotatable bonds is 8. The second-order valence-corrected chi connectivity index (χ2v) is 8.31. The Morgan fingerprint density at radius 2 is 1.58 bits per heavy atom. The first kappa shape index (κ1) is 24.5. The average Bonchev–Trinajstić information content (AvgIpc) is 3.25. The maximum Gasteiger partial charge on any atom is 0.311 e. The first-order valence-electron chi connectivity index (χ1n) is 11.3. The van der Waals surface area contributed by atoms with E-state index in [2.05, 4.69) is 10.7 Å². The van der Waals surface area contributed by atoms with Gasteiger partial charge in [-0.2, -0.15) is 0 Å². The van der Waals surface area contributed by atoms with Crippen molar-refractivity contribution in [3.8, 4) is 11.5 Å². The van der Waals surface area contributed by atoms with Crippen LogP contribution in [0.4, 0.5) is 5.69 Å². The highest BCUT2D eigenvalue weighted by molar-refractivity contribution is 5.97. The minimum Gasteiger partial charge on any atom is -0.457 e. The molecular weight excluding hydrogens is 462 g/mol. The van der Waals surface area contributed by atoms with Gasteiger partial charge in [-0.1, -0.05) is 35.9 Å². The SMILES string of the molecule is Cc1ccc(C(=O)NN2C[C@@H](C(=O)OCC(=O)Nc3ccc(Oc4ccccc4)cc3)CC2=O)cc1. The van der Waals surface area contributed by atoms with Gasteiger partial charge >= 0.3 is 5.97 Å². The lowest BCUT2D eigenvalue weighted by Crippen LogP contribution is -2.43. The minimum absolute atomic E-state index is 0.0280. The number of carbonyl (C=O) groups excluding carboxylic acids is 4. The van der Waals surface area contributed by atoms with Crippen LogP contribution >= 0.6 is 0 Å². The number of carbonyl (C=O) groups is 4. The summed E-state index contributed by atoms with van der Waals surface area (Å²) in [4.78, 5) is 49.2. The fraction of sp³-hybridized carbons (Fsp3) is 0.185. The molecule has 0 radical (unpaired) electrons. The van der Waals surface area contributed by atoms with E-state index in [9.17, 15) is 19.2 Å². The number of hydrogen-bond donors (Lipinski definition) is 2. The molecule has 3 aromatic rings. The summed E-state index contributed by atoms with van der Waals surface area (Å²) in [7, 11) is 0. The third-order valence-electron chi connectivity index (χ3n) is 5.47. The summed E-state index contributed by atoms with van der Waals surface area (Å²) < 4.78 is 10.8. The van der Waals surface area contributed by atoms with Crippen molar-refractivity contribution in [2.45, 2.75) is 13.3 Å². The monoisotopic (exact) mass is 487 g/mol. The highest BCUT2D eigenvalue weighted by atomic mass is 16.5. The Kier molecular flexibility index (Phi) is 7.60. The molecule has 0 saturated carbocycles. The van der Waals surface area contributed by atoms with Gasteiger partial charge in [0.2, 0.25) is 5.91 Å². The molecule has 184 valence electrons. The molecule has 2 N–H and O–H groups in total. The smallest absolute Gasteiger partial charge is 0.311 e. The van der Waals surface area contributed by atoms with Crippen LogP contribution in [0.25, 0.3) is 0 Å². The van der Waals surface area contributed by atoms with E-state index in [0.717, 1.165) is 10.6 Å². The maximum absolute atomic E-state index is 12.4. The van der Waals surface area contributed by atoms with Gasteiger partial charge in [0, 0.05) is 17.7 Å². The van der Waals surface area contributed by atoms with Crippen LogP contribution in [0.3, 0.4) is 0 Å². The molecule has 0 unspecified atom stereocenters. The molecule has 9 nitrogen and oxygen atoms in total. The van der Waals surface area contributed by atoms with Gasteiger partial charge in [-0.3, -0.25) is 29.6 Å². The van der Waals surface area contributed by atoms with Crippen molar-refractivity contribution in [1.29, 1.82) is 0 Å². The van der Waals surface area contributed by atoms with E-state index in [1.165, 1.54) is 0 Å². The molecule has 0 bridgehead atoms. The van der Waals surface area contributed by atoms with E-state index < -0.39 is 36.2 Å². The van der Waals surface area contributed by atoms with Crippen LogP contribution in [0.2, 0.25) is 0 Å². The summed E-state index contributed by atoms with van der Waals surface area (Å²) in [6, 6.07) is 22.9. The van der Waals surface area contributed by atoms with Gasteiger partial charge in [-0.15, -0.1) is 0 Å². The van der Waals surface area contributed by atoms with Gasteiger partial charge in [-0.05, 0) is 55.5 Å². The van der Waals surface area contributed by atoms with Crippen LogP contribution in [0, 0.1) is 12.8 Å². The normalized spacial score (nSPS) is 14.8. The van der Waals surface area contributed by atoms with Crippen LogP contribution in [0.15, 0.2) is 78.9 Å². The molecule has 1 aliphatic rings. The first-order valence-corrected chi connectivity index (χ1v) is 11.3. The molecule has 0 spiro atoms. The lowest BCUT2D eigenvalue weighted by molar-refractivity contribution is -0.151. The molecule has 9 heteroatoms. The molecule has 4 rings (SSSR count). The Morgan fingerprint density at radius 3 is 2.28 bits per heavy atom. The highest BCUT2D eigenvalue weighted by Gasteiger charge is 2.36. The molecule has 3 aromatic carbocycles. The van der Waals surface area contributed by atoms with Gasteiger partial charge in [0.1, 0.15) is 11.5 Å². The van der Waals surface area contributed by atoms with E-state index in [1.807, 2.05) is 37.3 Å². The lowest BCUT2D eigenvalue weighted by atomic mass is 10.1. The Hall–Kier alpha value is -4.66. The van der Waals surface area contributed by atoms with Crippen molar-refractivity contribution in [3.05, 3.63) is 90.0 Å². The molecule has 1 fully saturated rings. The van der Waals surface area contributed by atoms with Gasteiger partial charge in [0.15, 0.2) is 6.61 Å². The standard InChI is InChI=1S/C27H25N3O6/c1-18-7-9-19(10-8-18)26(33)29-30-16-20(15-25(30)32)27(34)35-17-24(31)28-21-11-13-23(14-12-21)36-22-5-3-2-4-6-22/h2-14,20H,15-17H2,1H3,(H,28,31)(H,29,33)/t20-/m0/s1. The third-order valence-corrected chi connectivity index (χ3v) is 5.47. The number of para-hydroxylation sites is 1. The zero-order valence-electron chi connectivity index (χ0n) is 19.6. The van der Waals surface area contributed by atoms with Crippen LogP contribution in [0.1, 0.15) is 22.3 Å². The van der Waals surface area contributed by atoms with Crippen LogP contribution in [-0.2, 0) is 19.1 Å². The van der Waals surface area contributed by atoms with Gasteiger partial charge in [0.25, 0.3) is 11.8 Å². The Morgan fingerprint density at radius 1 is 0.917 bits per heavy atom. The molecule has 0 aliphatic carbocycles. The van der Waals surface area contributed by atoms with E-state index in [0.29, 0.717) is 22.7 Å². The molecular formula is C27H25N3O6. The fourth-order valence-corrected chi connectivity index (χ4v) is 3.55. The predicted molar refractivity (Wildman–Crippen MR) is 131 cm³/mol. The molecule has 0 aromatic heterocycles. The third kappa shape index (κ3) is 6.47. The quantitative estimate of drug-likeness (QED) is 0.471. The number of hydrogen-bond acceptors (Lipinski definition) is 6. The first-order chi connectivity index (χ1) is 17.4. The van der Waals surface area contributed by atoms with Crippen molar-refractivity contribution in [3.63, 3.8) is 0 Å². The number of anilines is 1. The molecule has 1 heterocycles. The summed E-state index contributed by atoms with van der Waals surface area (Å²) in [5.74, 6) is -1.53. The zero-order valence-corrected chi connectivity index (χ0v) is 19.6. The Balaban J connectivity index is 1.21.